The van der Waals surface area contributed by atoms with Gasteiger partial charge in [0.2, 0.25) is 5.91 Å². The number of aliphatic imine (C=N–C) groups is 1. The van der Waals surface area contributed by atoms with Crippen LogP contribution in [-0.2, 0) is 4.79 Å². The van der Waals surface area contributed by atoms with Gasteiger partial charge in [-0.25, -0.2) is 4.39 Å². The van der Waals surface area contributed by atoms with Crippen LogP contribution in [0.25, 0.3) is 0 Å². The minimum absolute atomic E-state index is 0.0929. The molecule has 0 aromatic heterocycles. The Hall–Kier alpha value is -2.69. The van der Waals surface area contributed by atoms with Crippen molar-refractivity contribution in [1.29, 1.82) is 0 Å². The predicted molar refractivity (Wildman–Crippen MR) is 108 cm³/mol. The molecule has 0 aliphatic carbocycles. The highest BCUT2D eigenvalue weighted by Gasteiger charge is 2.30. The molecule has 4 nitrogen and oxygen atoms in total. The summed E-state index contributed by atoms with van der Waals surface area (Å²) in [6.07, 6.45) is 6.26. The Morgan fingerprint density at radius 1 is 1.15 bits per heavy atom. The number of carbonyl (C=O) groups excluding carboxylic acids is 1. The maximum atomic E-state index is 14.7. The summed E-state index contributed by atoms with van der Waals surface area (Å²) >= 11 is 0. The molecule has 1 saturated heterocycles. The number of fused-ring (bicyclic) bond motifs is 1. The van der Waals surface area contributed by atoms with E-state index in [2.05, 4.69) is 15.2 Å². The molecule has 0 saturated carbocycles. The highest BCUT2D eigenvalue weighted by Crippen LogP contribution is 2.34. The third-order valence-corrected chi connectivity index (χ3v) is 5.43. The van der Waals surface area contributed by atoms with Crippen LogP contribution in [0.3, 0.4) is 0 Å². The Balaban J connectivity index is 1.55. The minimum Gasteiger partial charge on any atom is -0.369 e. The van der Waals surface area contributed by atoms with Gasteiger partial charge in [-0.15, -0.1) is 0 Å². The molecule has 140 valence electrons. The van der Waals surface area contributed by atoms with Crippen LogP contribution in [0.15, 0.2) is 41.4 Å². The molecular weight excluding hydrogens is 341 g/mol. The molecule has 0 spiro atoms. The lowest BCUT2D eigenvalue weighted by Gasteiger charge is -2.23. The van der Waals surface area contributed by atoms with Crippen molar-refractivity contribution in [3.63, 3.8) is 0 Å². The van der Waals surface area contributed by atoms with E-state index in [4.69, 9.17) is 0 Å². The molecule has 0 bridgehead atoms. The van der Waals surface area contributed by atoms with E-state index in [0.29, 0.717) is 11.4 Å². The van der Waals surface area contributed by atoms with E-state index in [0.717, 1.165) is 42.7 Å². The van der Waals surface area contributed by atoms with Crippen molar-refractivity contribution < 1.29 is 9.18 Å². The van der Waals surface area contributed by atoms with Crippen molar-refractivity contribution in [3.05, 3.63) is 53.3 Å². The molecule has 1 atom stereocenters. The monoisotopic (exact) mass is 365 g/mol. The fourth-order valence-corrected chi connectivity index (χ4v) is 3.99. The predicted octanol–water partition coefficient (Wildman–Crippen LogP) is 4.95. The van der Waals surface area contributed by atoms with Crippen LogP contribution >= 0.6 is 0 Å². The lowest BCUT2D eigenvalue weighted by Crippen LogP contribution is -2.24. The maximum absolute atomic E-state index is 14.7. The quantitative estimate of drug-likeness (QED) is 0.782. The number of nitrogens with one attached hydrogen (secondary N) is 1. The van der Waals surface area contributed by atoms with E-state index in [9.17, 15) is 9.18 Å². The lowest BCUT2D eigenvalue weighted by molar-refractivity contribution is -0.115. The molecule has 0 radical (unpaired) electrons. The first-order valence-corrected chi connectivity index (χ1v) is 9.62. The standard InChI is InChI=1S/C22H24FN3O/c1-15-7-6-8-19-21(15)17(22(27)25-19)14-24-16-9-10-20(18(23)13-16)26-11-4-2-3-5-12-26/h6-10,13-14,17H,2-5,11-12H2,1H3,(H,25,27). The van der Waals surface area contributed by atoms with Crippen LogP contribution < -0.4 is 10.2 Å². The molecular formula is C22H24FN3O. The van der Waals surface area contributed by atoms with Gasteiger partial charge in [-0.2, -0.15) is 0 Å². The van der Waals surface area contributed by atoms with Gasteiger partial charge in [-0.3, -0.25) is 9.79 Å². The Morgan fingerprint density at radius 2 is 1.93 bits per heavy atom. The molecule has 2 aromatic rings. The summed E-state index contributed by atoms with van der Waals surface area (Å²) < 4.78 is 14.7. The van der Waals surface area contributed by atoms with Crippen molar-refractivity contribution in [1.82, 2.24) is 0 Å². The summed E-state index contributed by atoms with van der Waals surface area (Å²) in [4.78, 5) is 18.8. The van der Waals surface area contributed by atoms with Gasteiger partial charge >= 0.3 is 0 Å². The molecule has 4 rings (SSSR count). The highest BCUT2D eigenvalue weighted by molar-refractivity contribution is 6.13. The highest BCUT2D eigenvalue weighted by atomic mass is 19.1. The van der Waals surface area contributed by atoms with Crippen molar-refractivity contribution in [2.45, 2.75) is 38.5 Å². The number of rotatable bonds is 3. The Morgan fingerprint density at radius 3 is 2.67 bits per heavy atom. The second kappa shape index (κ2) is 7.51. The van der Waals surface area contributed by atoms with Gasteiger partial charge in [0.25, 0.3) is 0 Å². The van der Waals surface area contributed by atoms with Gasteiger partial charge in [0.15, 0.2) is 0 Å². The second-order valence-electron chi connectivity index (χ2n) is 7.32. The number of aryl methyl sites for hydroxylation is 1. The molecule has 5 heteroatoms. The number of benzene rings is 2. The molecule has 1 amide bonds. The van der Waals surface area contributed by atoms with Gasteiger partial charge in [-0.1, -0.05) is 25.0 Å². The fourth-order valence-electron chi connectivity index (χ4n) is 3.99. The lowest BCUT2D eigenvalue weighted by atomic mass is 9.97. The first-order chi connectivity index (χ1) is 13.1. The third kappa shape index (κ3) is 3.59. The molecule has 27 heavy (non-hydrogen) atoms. The number of hydrogen-bond donors (Lipinski definition) is 1. The van der Waals surface area contributed by atoms with E-state index >= 15 is 0 Å². The van der Waals surface area contributed by atoms with Gasteiger partial charge < -0.3 is 10.2 Å². The number of hydrogen-bond acceptors (Lipinski definition) is 3. The summed E-state index contributed by atoms with van der Waals surface area (Å²) in [5, 5.41) is 2.88. The number of carbonyl (C=O) groups is 1. The van der Waals surface area contributed by atoms with Crippen LogP contribution in [0.1, 0.15) is 42.7 Å². The van der Waals surface area contributed by atoms with Crippen molar-refractivity contribution >= 4 is 29.2 Å². The molecule has 2 heterocycles. The largest absolute Gasteiger partial charge is 0.369 e. The Labute approximate surface area is 159 Å². The molecule has 1 unspecified atom stereocenters. The average Bonchev–Trinajstić information content (AvgIpc) is 2.82. The average molecular weight is 365 g/mol. The summed E-state index contributed by atoms with van der Waals surface area (Å²) in [6, 6.07) is 10.9. The summed E-state index contributed by atoms with van der Waals surface area (Å²) in [5.74, 6) is -0.779. The number of anilines is 2. The van der Waals surface area contributed by atoms with Gasteiger partial charge in [0.1, 0.15) is 11.7 Å². The van der Waals surface area contributed by atoms with E-state index in [1.165, 1.54) is 18.9 Å². The third-order valence-electron chi connectivity index (χ3n) is 5.43. The van der Waals surface area contributed by atoms with Crippen molar-refractivity contribution in [3.8, 4) is 0 Å². The van der Waals surface area contributed by atoms with E-state index in [1.807, 2.05) is 31.2 Å². The van der Waals surface area contributed by atoms with Crippen LogP contribution in [0, 0.1) is 12.7 Å². The van der Waals surface area contributed by atoms with Crippen molar-refractivity contribution in [2.24, 2.45) is 4.99 Å². The first kappa shape index (κ1) is 17.7. The smallest absolute Gasteiger partial charge is 0.237 e. The van der Waals surface area contributed by atoms with Gasteiger partial charge in [0.05, 0.1) is 11.4 Å². The van der Waals surface area contributed by atoms with Gasteiger partial charge in [0, 0.05) is 31.1 Å². The van der Waals surface area contributed by atoms with Crippen LogP contribution in [0.2, 0.25) is 0 Å². The minimum atomic E-state index is -0.436. The van der Waals surface area contributed by atoms with E-state index in [1.54, 1.807) is 12.3 Å². The molecule has 1 N–H and O–H groups in total. The summed E-state index contributed by atoms with van der Waals surface area (Å²) in [5.41, 5.74) is 4.01. The number of amides is 1. The van der Waals surface area contributed by atoms with Crippen LogP contribution in [-0.4, -0.2) is 25.2 Å². The molecule has 2 aromatic carbocycles. The second-order valence-corrected chi connectivity index (χ2v) is 7.32. The topological polar surface area (TPSA) is 44.7 Å². The SMILES string of the molecule is Cc1cccc2c1C(C=Nc1ccc(N3CCCCCC3)c(F)c1)C(=O)N2. The zero-order valence-electron chi connectivity index (χ0n) is 15.5. The van der Waals surface area contributed by atoms with E-state index < -0.39 is 5.92 Å². The van der Waals surface area contributed by atoms with E-state index in [-0.39, 0.29) is 11.7 Å². The number of halogens is 1. The zero-order chi connectivity index (χ0) is 18.8. The van der Waals surface area contributed by atoms with Crippen molar-refractivity contribution in [2.75, 3.05) is 23.3 Å². The maximum Gasteiger partial charge on any atom is 0.237 e. The molecule has 2 aliphatic heterocycles. The Kier molecular flexibility index (Phi) is 4.92. The van der Waals surface area contributed by atoms with Crippen LogP contribution in [0.4, 0.5) is 21.5 Å². The first-order valence-electron chi connectivity index (χ1n) is 9.62. The Bertz CT molecular complexity index is 885. The van der Waals surface area contributed by atoms with Crippen LogP contribution in [0.5, 0.6) is 0 Å². The fraction of sp³-hybridized carbons (Fsp3) is 0.364. The summed E-state index contributed by atoms with van der Waals surface area (Å²) in [6.45, 7) is 3.78. The van der Waals surface area contributed by atoms with Gasteiger partial charge in [-0.05, 0) is 49.1 Å². The summed E-state index contributed by atoms with van der Waals surface area (Å²) in [7, 11) is 0. The molecule has 1 fully saturated rings. The zero-order valence-corrected chi connectivity index (χ0v) is 15.5. The number of nitrogens with zero attached hydrogens (tertiary/aromatic N) is 2. The normalized spacial score (nSPS) is 19.9. The molecule has 2 aliphatic rings.